The molecule has 0 fully saturated rings. The molecule has 2 aromatic carbocycles. The van der Waals surface area contributed by atoms with E-state index < -0.39 is 6.09 Å². The van der Waals surface area contributed by atoms with Gasteiger partial charge in [-0.3, -0.25) is 0 Å². The number of benzene rings is 2. The highest BCUT2D eigenvalue weighted by molar-refractivity contribution is 5.79. The number of amides is 1. The van der Waals surface area contributed by atoms with Gasteiger partial charge >= 0.3 is 6.09 Å². The Morgan fingerprint density at radius 3 is 2.29 bits per heavy atom. The van der Waals surface area contributed by atoms with Crippen molar-refractivity contribution in [3.63, 3.8) is 0 Å². The van der Waals surface area contributed by atoms with Crippen LogP contribution in [-0.4, -0.2) is 30.5 Å². The monoisotopic (exact) mass is 323 g/mol. The molecule has 0 radical (unpaired) electrons. The zero-order valence-electron chi connectivity index (χ0n) is 13.4. The smallest absolute Gasteiger partial charge is 0.407 e. The van der Waals surface area contributed by atoms with Crippen LogP contribution >= 0.6 is 0 Å². The summed E-state index contributed by atoms with van der Waals surface area (Å²) in [6.45, 7) is 3.74. The zero-order valence-corrected chi connectivity index (χ0v) is 13.4. The van der Waals surface area contributed by atoms with Gasteiger partial charge in [-0.25, -0.2) is 4.79 Å². The van der Waals surface area contributed by atoms with Crippen LogP contribution in [0.15, 0.2) is 61.2 Å². The van der Waals surface area contributed by atoms with E-state index in [-0.39, 0.29) is 25.2 Å². The van der Waals surface area contributed by atoms with Crippen LogP contribution in [0, 0.1) is 0 Å². The fourth-order valence-corrected chi connectivity index (χ4v) is 3.19. The number of fused-ring (bicyclic) bond motifs is 3. The molecule has 124 valence electrons. The van der Waals surface area contributed by atoms with E-state index in [0.717, 1.165) is 0 Å². The van der Waals surface area contributed by atoms with Crippen LogP contribution in [0.2, 0.25) is 0 Å². The third-order valence-electron chi connectivity index (χ3n) is 4.34. The van der Waals surface area contributed by atoms with Gasteiger partial charge in [0.05, 0.1) is 12.6 Å². The van der Waals surface area contributed by atoms with Crippen LogP contribution in [0.25, 0.3) is 11.1 Å². The van der Waals surface area contributed by atoms with Gasteiger partial charge in [-0.2, -0.15) is 0 Å². The standard InChI is InChI=1S/C20H21NO3/c1-2-7-14(12-22)21-20(23)24-13-19-17-10-5-3-8-15(17)16-9-4-6-11-18(16)19/h2-6,8-11,14,19,22H,1,7,12-13H2,(H,21,23)/t14-/m0/s1. The molecular weight excluding hydrogens is 302 g/mol. The molecule has 4 nitrogen and oxygen atoms in total. The van der Waals surface area contributed by atoms with E-state index >= 15 is 0 Å². The number of carbonyl (C=O) groups excluding carboxylic acids is 1. The summed E-state index contributed by atoms with van der Waals surface area (Å²) in [5.74, 6) is 0.0372. The summed E-state index contributed by atoms with van der Waals surface area (Å²) in [5.41, 5.74) is 4.75. The predicted octanol–water partition coefficient (Wildman–Crippen LogP) is 3.46. The number of alkyl carbamates (subject to hydrolysis) is 1. The second kappa shape index (κ2) is 7.32. The molecule has 0 heterocycles. The highest BCUT2D eigenvalue weighted by Crippen LogP contribution is 2.44. The average molecular weight is 323 g/mol. The first kappa shape index (κ1) is 16.3. The van der Waals surface area contributed by atoms with E-state index in [9.17, 15) is 9.90 Å². The lowest BCUT2D eigenvalue weighted by molar-refractivity contribution is 0.132. The van der Waals surface area contributed by atoms with Crippen LogP contribution in [0.5, 0.6) is 0 Å². The van der Waals surface area contributed by atoms with Crippen molar-refractivity contribution >= 4 is 6.09 Å². The number of hydrogen-bond acceptors (Lipinski definition) is 3. The van der Waals surface area contributed by atoms with E-state index in [0.29, 0.717) is 6.42 Å². The van der Waals surface area contributed by atoms with Gasteiger partial charge in [-0.05, 0) is 28.7 Å². The zero-order chi connectivity index (χ0) is 16.9. The quantitative estimate of drug-likeness (QED) is 0.800. The minimum atomic E-state index is -0.516. The van der Waals surface area contributed by atoms with Crippen molar-refractivity contribution in [2.24, 2.45) is 0 Å². The molecule has 1 aliphatic carbocycles. The van der Waals surface area contributed by atoms with Crippen LogP contribution < -0.4 is 5.32 Å². The molecule has 1 amide bonds. The van der Waals surface area contributed by atoms with Crippen molar-refractivity contribution in [2.45, 2.75) is 18.4 Å². The van der Waals surface area contributed by atoms with Crippen molar-refractivity contribution in [3.8, 4) is 11.1 Å². The summed E-state index contributed by atoms with van der Waals surface area (Å²) in [7, 11) is 0. The van der Waals surface area contributed by atoms with Gasteiger partial charge in [-0.15, -0.1) is 6.58 Å². The number of nitrogens with one attached hydrogen (secondary N) is 1. The van der Waals surface area contributed by atoms with Crippen LogP contribution in [0.4, 0.5) is 4.79 Å². The highest BCUT2D eigenvalue weighted by atomic mass is 16.5. The van der Waals surface area contributed by atoms with Gasteiger partial charge in [0, 0.05) is 5.92 Å². The minimum Gasteiger partial charge on any atom is -0.449 e. The maximum Gasteiger partial charge on any atom is 0.407 e. The van der Waals surface area contributed by atoms with E-state index in [1.807, 2.05) is 24.3 Å². The Balaban J connectivity index is 1.71. The summed E-state index contributed by atoms with van der Waals surface area (Å²) in [6.07, 6.45) is 1.64. The van der Waals surface area contributed by atoms with E-state index in [1.54, 1.807) is 6.08 Å². The fraction of sp³-hybridized carbons (Fsp3) is 0.250. The molecule has 0 unspecified atom stereocenters. The van der Waals surface area contributed by atoms with Crippen LogP contribution in [0.1, 0.15) is 23.5 Å². The Morgan fingerprint density at radius 1 is 1.17 bits per heavy atom. The third-order valence-corrected chi connectivity index (χ3v) is 4.34. The Hall–Kier alpha value is -2.59. The van der Waals surface area contributed by atoms with E-state index in [4.69, 9.17) is 4.74 Å². The Morgan fingerprint density at radius 2 is 1.75 bits per heavy atom. The topological polar surface area (TPSA) is 58.6 Å². The molecule has 0 saturated carbocycles. The highest BCUT2D eigenvalue weighted by Gasteiger charge is 2.29. The molecule has 24 heavy (non-hydrogen) atoms. The van der Waals surface area contributed by atoms with Crippen molar-refractivity contribution in [2.75, 3.05) is 13.2 Å². The Kier molecular flexibility index (Phi) is 4.96. The Labute approximate surface area is 141 Å². The number of rotatable bonds is 6. The predicted molar refractivity (Wildman–Crippen MR) is 93.9 cm³/mol. The van der Waals surface area contributed by atoms with Crippen molar-refractivity contribution in [3.05, 3.63) is 72.3 Å². The molecule has 1 aliphatic rings. The van der Waals surface area contributed by atoms with Crippen molar-refractivity contribution in [1.29, 1.82) is 0 Å². The van der Waals surface area contributed by atoms with Crippen LogP contribution in [-0.2, 0) is 4.74 Å². The van der Waals surface area contributed by atoms with Gasteiger partial charge in [0.1, 0.15) is 6.61 Å². The molecule has 1 atom stereocenters. The molecule has 2 aromatic rings. The fourth-order valence-electron chi connectivity index (χ4n) is 3.19. The summed E-state index contributed by atoms with van der Waals surface area (Å²) in [6, 6.07) is 16.0. The maximum atomic E-state index is 12.0. The second-order valence-electron chi connectivity index (χ2n) is 5.87. The molecule has 2 N–H and O–H groups in total. The first-order valence-electron chi connectivity index (χ1n) is 8.08. The average Bonchev–Trinajstić information content (AvgIpc) is 2.93. The molecule has 0 bridgehead atoms. The van der Waals surface area contributed by atoms with Gasteiger partial charge in [-0.1, -0.05) is 54.6 Å². The van der Waals surface area contributed by atoms with E-state index in [1.165, 1.54) is 22.3 Å². The van der Waals surface area contributed by atoms with Crippen LogP contribution in [0.3, 0.4) is 0 Å². The van der Waals surface area contributed by atoms with Gasteiger partial charge < -0.3 is 15.2 Å². The lowest BCUT2D eigenvalue weighted by Gasteiger charge is -2.17. The number of carbonyl (C=O) groups is 1. The molecule has 4 heteroatoms. The number of aliphatic hydroxyl groups is 1. The van der Waals surface area contributed by atoms with Gasteiger partial charge in [0.25, 0.3) is 0 Å². The molecule has 3 rings (SSSR count). The Bertz CT molecular complexity index is 696. The molecule has 0 aromatic heterocycles. The number of ether oxygens (including phenoxy) is 1. The minimum absolute atomic E-state index is 0.0372. The van der Waals surface area contributed by atoms with Gasteiger partial charge in [0.2, 0.25) is 0 Å². The van der Waals surface area contributed by atoms with Crippen molar-refractivity contribution < 1.29 is 14.6 Å². The third kappa shape index (κ3) is 3.19. The summed E-state index contributed by atoms with van der Waals surface area (Å²) < 4.78 is 5.42. The molecule has 0 spiro atoms. The SMILES string of the molecule is C=CC[C@@H](CO)NC(=O)OCC1c2ccccc2-c2ccccc21. The lowest BCUT2D eigenvalue weighted by atomic mass is 9.98. The molecule has 0 saturated heterocycles. The maximum absolute atomic E-state index is 12.0. The summed E-state index contributed by atoms with van der Waals surface area (Å²) >= 11 is 0. The first-order chi connectivity index (χ1) is 11.7. The second-order valence-corrected chi connectivity index (χ2v) is 5.87. The van der Waals surface area contributed by atoms with Gasteiger partial charge in [0.15, 0.2) is 0 Å². The molecule has 0 aliphatic heterocycles. The lowest BCUT2D eigenvalue weighted by Crippen LogP contribution is -2.38. The van der Waals surface area contributed by atoms with Crippen molar-refractivity contribution in [1.82, 2.24) is 5.32 Å². The summed E-state index contributed by atoms with van der Waals surface area (Å²) in [4.78, 5) is 12.0. The normalized spacial score (nSPS) is 13.7. The summed E-state index contributed by atoms with van der Waals surface area (Å²) in [5, 5.41) is 11.9. The number of aliphatic hydroxyl groups excluding tert-OH is 1. The van der Waals surface area contributed by atoms with E-state index in [2.05, 4.69) is 36.2 Å². The molecular formula is C20H21NO3. The largest absolute Gasteiger partial charge is 0.449 e. The number of hydrogen-bond donors (Lipinski definition) is 2. The first-order valence-corrected chi connectivity index (χ1v) is 8.08.